The van der Waals surface area contributed by atoms with Crippen LogP contribution in [0.2, 0.25) is 0 Å². The van der Waals surface area contributed by atoms with E-state index in [1.807, 2.05) is 36.4 Å². The van der Waals surface area contributed by atoms with E-state index >= 15 is 0 Å². The first-order valence-corrected chi connectivity index (χ1v) is 38.5. The Morgan fingerprint density at radius 3 is 0.865 bits per heavy atom. The van der Waals surface area contributed by atoms with Gasteiger partial charge < -0.3 is 43.0 Å². The third-order valence-corrected chi connectivity index (χ3v) is 19.1. The predicted molar refractivity (Wildman–Crippen MR) is 402 cm³/mol. The van der Waals surface area contributed by atoms with Gasteiger partial charge in [-0.15, -0.1) is 0 Å². The van der Waals surface area contributed by atoms with Gasteiger partial charge in [0, 0.05) is 28.6 Å². The molecule has 0 spiro atoms. The molecule has 13 heteroatoms. The molecule has 0 aliphatic heterocycles. The minimum absolute atomic E-state index is 0.196. The minimum Gasteiger partial charge on any atom is -0.503 e. The van der Waals surface area contributed by atoms with Crippen LogP contribution in [0.4, 0.5) is 8.63 Å². The molecule has 0 bridgehead atoms. The van der Waals surface area contributed by atoms with Crippen LogP contribution in [0, 0.1) is 71.0 Å². The first-order valence-electron chi connectivity index (χ1n) is 38.5. The second kappa shape index (κ2) is 46.3. The first-order chi connectivity index (χ1) is 45.8. The van der Waals surface area contributed by atoms with E-state index in [4.69, 9.17) is 33.1 Å². The Balaban J connectivity index is 1.76. The summed E-state index contributed by atoms with van der Waals surface area (Å²) in [6, 6.07) is 14.8. The number of allylic oxidation sites excluding steroid dienone is 1. The number of H-pyrrole nitrogens is 2. The van der Waals surface area contributed by atoms with E-state index in [2.05, 4.69) is 135 Å². The van der Waals surface area contributed by atoms with Crippen LogP contribution in [0.1, 0.15) is 295 Å². The Kier molecular flexibility index (Phi) is 40.2. The average molecular weight is 1340 g/mol. The molecule has 0 saturated carbocycles. The predicted octanol–water partition coefficient (Wildman–Crippen LogP) is 25.2. The Morgan fingerprint density at radius 2 is 0.604 bits per heavy atom. The Labute approximate surface area is 585 Å². The highest BCUT2D eigenvalue weighted by molar-refractivity contribution is 6.36. The molecule has 0 unspecified atom stereocenters. The molecule has 2 N–H and O–H groups in total. The molecule has 0 aliphatic carbocycles. The maximum atomic E-state index is 14.6. The van der Waals surface area contributed by atoms with Crippen LogP contribution in [-0.4, -0.2) is 62.9 Å². The maximum absolute atomic E-state index is 14.6. The molecular formula is C83H137BF2N2O8. The summed E-state index contributed by atoms with van der Waals surface area (Å²) in [7, 11) is -3.21. The third kappa shape index (κ3) is 34.6. The summed E-state index contributed by atoms with van der Waals surface area (Å²) in [4.78, 5) is 21.1. The lowest BCUT2D eigenvalue weighted by atomic mass is 9.97. The zero-order chi connectivity index (χ0) is 70.5. The number of benzene rings is 2. The minimum atomic E-state index is -3.21. The number of carbonyl (C=O) groups excluding carboxylic acids is 1. The fraction of sp³-hybridized carbons (Fsp3) is 0.723. The van der Waals surface area contributed by atoms with E-state index in [1.165, 1.54) is 77.0 Å². The van der Waals surface area contributed by atoms with Gasteiger partial charge in [-0.05, 0) is 158 Å². The SMILES string of the molecule is CC(C)CCC[C@@H](C)CCOc1cc(-c2ccc(C(=O)/C=C(\OB(F)F)c3ccc(-c4cc(OCC[C@H](C)CCCC(C)C)c(OCC[C@H](C)CCCC(C)C)c(OCC[C@H](C)CCCC(C)C)c4)[nH]3)[nH]2)cc(OCC[C@H](C)CCCC(C)C)c1OCC[C@H](C)CCCC(C)C. The summed E-state index contributed by atoms with van der Waals surface area (Å²) in [5, 5.41) is 0. The number of rotatable bonds is 55. The van der Waals surface area contributed by atoms with Crippen molar-refractivity contribution < 1.29 is 46.5 Å². The van der Waals surface area contributed by atoms with Gasteiger partial charge in [0.2, 0.25) is 17.3 Å². The highest BCUT2D eigenvalue weighted by atomic mass is 19.2. The number of hydrogen-bond donors (Lipinski definition) is 2. The zero-order valence-corrected chi connectivity index (χ0v) is 63.9. The monoisotopic (exact) mass is 1340 g/mol. The third-order valence-electron chi connectivity index (χ3n) is 19.1. The van der Waals surface area contributed by atoms with Crippen molar-refractivity contribution in [3.63, 3.8) is 0 Å². The molecule has 6 atom stereocenters. The van der Waals surface area contributed by atoms with Gasteiger partial charge in [-0.25, -0.2) is 8.63 Å². The molecule has 544 valence electrons. The van der Waals surface area contributed by atoms with Crippen molar-refractivity contribution in [3.8, 4) is 57.0 Å². The van der Waals surface area contributed by atoms with Gasteiger partial charge in [0.15, 0.2) is 23.0 Å². The second-order valence-electron chi connectivity index (χ2n) is 31.8. The van der Waals surface area contributed by atoms with E-state index in [-0.39, 0.29) is 17.1 Å². The molecule has 0 aliphatic rings. The highest BCUT2D eigenvalue weighted by Gasteiger charge is 2.26. The van der Waals surface area contributed by atoms with Crippen molar-refractivity contribution in [1.82, 2.24) is 9.97 Å². The van der Waals surface area contributed by atoms with Crippen LogP contribution in [-0.2, 0) is 4.65 Å². The normalized spacial score (nSPS) is 14.0. The van der Waals surface area contributed by atoms with Crippen molar-refractivity contribution in [3.05, 3.63) is 66.0 Å². The lowest BCUT2D eigenvalue weighted by molar-refractivity contribution is 0.104. The van der Waals surface area contributed by atoms with Gasteiger partial charge in [-0.2, -0.15) is 0 Å². The van der Waals surface area contributed by atoms with Crippen molar-refractivity contribution in [2.45, 2.75) is 279 Å². The number of hydrogen-bond acceptors (Lipinski definition) is 8. The van der Waals surface area contributed by atoms with E-state index in [0.717, 1.165) is 94.3 Å². The van der Waals surface area contributed by atoms with Gasteiger partial charge in [-0.3, -0.25) is 4.79 Å². The largest absolute Gasteiger partial charge is 0.796 e. The fourth-order valence-electron chi connectivity index (χ4n) is 12.4. The highest BCUT2D eigenvalue weighted by Crippen LogP contribution is 2.45. The summed E-state index contributed by atoms with van der Waals surface area (Å²) < 4.78 is 74.9. The van der Waals surface area contributed by atoms with Gasteiger partial charge >= 0.3 is 7.47 Å². The molecule has 4 rings (SSSR count). The summed E-state index contributed by atoms with van der Waals surface area (Å²) in [6.45, 7) is 44.1. The van der Waals surface area contributed by atoms with Crippen molar-refractivity contribution in [2.24, 2.45) is 71.0 Å². The molecule has 0 saturated heterocycles. The number of halogens is 2. The molecule has 10 nitrogen and oxygen atoms in total. The summed E-state index contributed by atoms with van der Waals surface area (Å²) in [5.74, 6) is 9.60. The quantitative estimate of drug-likeness (QED) is 0.0195. The summed E-state index contributed by atoms with van der Waals surface area (Å²) in [5.41, 5.74) is 3.10. The van der Waals surface area contributed by atoms with E-state index < -0.39 is 13.3 Å². The summed E-state index contributed by atoms with van der Waals surface area (Å²) in [6.07, 6.45) is 27.6. The average Bonchev–Trinajstić information content (AvgIpc) is 1.47. The molecule has 0 fully saturated rings. The van der Waals surface area contributed by atoms with Gasteiger partial charge in [0.25, 0.3) is 0 Å². The smallest absolute Gasteiger partial charge is 0.503 e. The topological polar surface area (TPSA) is 113 Å². The molecule has 0 radical (unpaired) electrons. The second-order valence-corrected chi connectivity index (χ2v) is 31.8. The molecule has 2 aromatic carbocycles. The zero-order valence-electron chi connectivity index (χ0n) is 63.9. The molecule has 2 aromatic heterocycles. The Bertz CT molecular complexity index is 2650. The van der Waals surface area contributed by atoms with Crippen LogP contribution in [0.15, 0.2) is 54.6 Å². The van der Waals surface area contributed by atoms with Crippen LogP contribution >= 0.6 is 0 Å². The van der Waals surface area contributed by atoms with Gasteiger partial charge in [0.1, 0.15) is 5.76 Å². The van der Waals surface area contributed by atoms with Gasteiger partial charge in [0.05, 0.1) is 51.0 Å². The fourth-order valence-corrected chi connectivity index (χ4v) is 12.4. The van der Waals surface area contributed by atoms with Crippen molar-refractivity contribution in [1.29, 1.82) is 0 Å². The van der Waals surface area contributed by atoms with Gasteiger partial charge in [-0.1, -0.05) is 240 Å². The molecular weight excluding hydrogens is 1200 g/mol. The van der Waals surface area contributed by atoms with Crippen LogP contribution < -0.4 is 28.4 Å². The number of ketones is 1. The molecule has 4 aromatic rings. The lowest BCUT2D eigenvalue weighted by Gasteiger charge is -2.21. The number of ether oxygens (including phenoxy) is 6. The van der Waals surface area contributed by atoms with Crippen molar-refractivity contribution in [2.75, 3.05) is 39.6 Å². The Morgan fingerprint density at radius 1 is 0.354 bits per heavy atom. The van der Waals surface area contributed by atoms with Crippen LogP contribution in [0.3, 0.4) is 0 Å². The molecule has 2 heterocycles. The number of nitrogens with one attached hydrogen (secondary N) is 2. The first kappa shape index (κ1) is 83.4. The Hall–Kier alpha value is -5.07. The van der Waals surface area contributed by atoms with Crippen LogP contribution in [0.25, 0.3) is 28.3 Å². The van der Waals surface area contributed by atoms with Crippen molar-refractivity contribution >= 4 is 19.0 Å². The molecule has 0 amide bonds. The number of aromatic amines is 2. The van der Waals surface area contributed by atoms with E-state index in [1.54, 1.807) is 12.1 Å². The van der Waals surface area contributed by atoms with Crippen LogP contribution in [0.5, 0.6) is 34.5 Å². The number of carbonyl (C=O) groups is 1. The maximum Gasteiger partial charge on any atom is 0.796 e. The standard InChI is InChI=1S/C83H137BF2N2O8/c1-58(2)25-19-31-64(13)41-47-90-78-53-70(54-79(91-48-42-65(14)32-20-26-59(3)4)82(78)94-51-45-68(17)35-23-29-62(9)10)72-37-39-74(87-72)76(89)57-77(96-84(85)86)75-40-38-73(88-75)71-55-80(92-49-43-66(15)33-21-27-60(5)6)83(95-52-46-69(18)36-24-30-63(11)12)81(56-71)93-50-44-67(16)34-22-28-61(7)8/h37-40,53-69,87-88H,19-36,41-52H2,1-18H3/b77-57-/t64-,65-,66-,67-,68-,69-/m1/s1. The number of aromatic nitrogens is 2. The molecule has 96 heavy (non-hydrogen) atoms. The lowest BCUT2D eigenvalue weighted by Crippen LogP contribution is -2.11. The van der Waals surface area contributed by atoms with E-state index in [9.17, 15) is 13.4 Å². The summed E-state index contributed by atoms with van der Waals surface area (Å²) >= 11 is 0. The van der Waals surface area contributed by atoms with E-state index in [0.29, 0.717) is 157 Å².